The summed E-state index contributed by atoms with van der Waals surface area (Å²) in [4.78, 5) is 0. The van der Waals surface area contributed by atoms with Gasteiger partial charge in [-0.25, -0.2) is 0 Å². The Labute approximate surface area is 87.2 Å². The predicted molar refractivity (Wildman–Crippen MR) is 57.5 cm³/mol. The van der Waals surface area contributed by atoms with Crippen LogP contribution in [0.2, 0.25) is 0 Å². The van der Waals surface area contributed by atoms with E-state index in [4.69, 9.17) is 9.47 Å². The van der Waals surface area contributed by atoms with Gasteiger partial charge in [-0.3, -0.25) is 0 Å². The van der Waals surface area contributed by atoms with Crippen LogP contribution in [-0.4, -0.2) is 39.5 Å². The molecule has 1 rings (SSSR count). The molecule has 0 bridgehead atoms. The molecule has 1 unspecified atom stereocenters. The Kier molecular flexibility index (Phi) is 6.15. The number of methoxy groups -OCH3 is 1. The normalized spacial score (nSPS) is 21.0. The predicted octanol–water partition coefficient (Wildman–Crippen LogP) is 1.43. The van der Waals surface area contributed by atoms with Crippen molar-refractivity contribution in [3.8, 4) is 0 Å². The lowest BCUT2D eigenvalue weighted by molar-refractivity contribution is 0.0483. The summed E-state index contributed by atoms with van der Waals surface area (Å²) in [7, 11) is 1.77. The van der Waals surface area contributed by atoms with E-state index >= 15 is 0 Å². The first-order valence-corrected chi connectivity index (χ1v) is 5.68. The lowest BCUT2D eigenvalue weighted by Crippen LogP contribution is -2.39. The van der Waals surface area contributed by atoms with E-state index in [-0.39, 0.29) is 0 Å². The van der Waals surface area contributed by atoms with Crippen LogP contribution in [0.3, 0.4) is 0 Å². The topological polar surface area (TPSA) is 30.5 Å². The van der Waals surface area contributed by atoms with Crippen molar-refractivity contribution in [1.82, 2.24) is 5.32 Å². The minimum Gasteiger partial charge on any atom is -0.385 e. The first-order chi connectivity index (χ1) is 6.88. The van der Waals surface area contributed by atoms with Gasteiger partial charge in [-0.1, -0.05) is 6.92 Å². The molecular formula is C11H23NO2. The van der Waals surface area contributed by atoms with Crippen LogP contribution in [0.15, 0.2) is 0 Å². The van der Waals surface area contributed by atoms with Crippen molar-refractivity contribution in [2.45, 2.75) is 32.2 Å². The summed E-state index contributed by atoms with van der Waals surface area (Å²) in [5, 5.41) is 3.55. The summed E-state index contributed by atoms with van der Waals surface area (Å²) in [6.45, 7) is 5.93. The van der Waals surface area contributed by atoms with Gasteiger partial charge in [-0.2, -0.15) is 0 Å². The molecule has 3 heteroatoms. The van der Waals surface area contributed by atoms with E-state index in [2.05, 4.69) is 12.2 Å². The Balaban J connectivity index is 2.30. The van der Waals surface area contributed by atoms with Gasteiger partial charge in [0.25, 0.3) is 0 Å². The van der Waals surface area contributed by atoms with Crippen LogP contribution >= 0.6 is 0 Å². The zero-order valence-corrected chi connectivity index (χ0v) is 9.42. The molecule has 1 aliphatic rings. The van der Waals surface area contributed by atoms with Crippen LogP contribution in [0.25, 0.3) is 0 Å². The minimum absolute atomic E-state index is 0.615. The molecule has 0 aliphatic carbocycles. The molecule has 0 radical (unpaired) electrons. The molecular weight excluding hydrogens is 178 g/mol. The van der Waals surface area contributed by atoms with Crippen molar-refractivity contribution in [2.24, 2.45) is 5.92 Å². The van der Waals surface area contributed by atoms with Gasteiger partial charge < -0.3 is 14.8 Å². The van der Waals surface area contributed by atoms with Crippen LogP contribution in [-0.2, 0) is 9.47 Å². The van der Waals surface area contributed by atoms with Gasteiger partial charge in [-0.15, -0.1) is 0 Å². The minimum atomic E-state index is 0.615. The molecule has 1 atom stereocenters. The van der Waals surface area contributed by atoms with Crippen LogP contribution in [0.1, 0.15) is 26.2 Å². The summed E-state index contributed by atoms with van der Waals surface area (Å²) >= 11 is 0. The van der Waals surface area contributed by atoms with Crippen LogP contribution in [0, 0.1) is 5.92 Å². The van der Waals surface area contributed by atoms with Gasteiger partial charge in [0.05, 0.1) is 0 Å². The summed E-state index contributed by atoms with van der Waals surface area (Å²) in [6.07, 6.45) is 3.51. The first-order valence-electron chi connectivity index (χ1n) is 5.68. The molecule has 0 aromatic heterocycles. The Bertz CT molecular complexity index is 135. The third-order valence-corrected chi connectivity index (χ3v) is 2.93. The monoisotopic (exact) mass is 201 g/mol. The smallest absolute Gasteiger partial charge is 0.0477 e. The Morgan fingerprint density at radius 1 is 1.43 bits per heavy atom. The van der Waals surface area contributed by atoms with Crippen molar-refractivity contribution in [3.63, 3.8) is 0 Å². The van der Waals surface area contributed by atoms with Crippen molar-refractivity contribution < 1.29 is 9.47 Å². The highest BCUT2D eigenvalue weighted by molar-refractivity contribution is 4.78. The van der Waals surface area contributed by atoms with Gasteiger partial charge in [-0.05, 0) is 31.7 Å². The van der Waals surface area contributed by atoms with E-state index in [9.17, 15) is 0 Å². The summed E-state index contributed by atoms with van der Waals surface area (Å²) in [5.74, 6) is 0.777. The molecule has 0 spiro atoms. The molecule has 14 heavy (non-hydrogen) atoms. The quantitative estimate of drug-likeness (QED) is 0.705. The molecule has 1 fully saturated rings. The molecule has 0 amide bonds. The number of rotatable bonds is 6. The zero-order valence-electron chi connectivity index (χ0n) is 9.42. The maximum Gasteiger partial charge on any atom is 0.0477 e. The lowest BCUT2D eigenvalue weighted by Gasteiger charge is -2.30. The van der Waals surface area contributed by atoms with Crippen molar-refractivity contribution in [3.05, 3.63) is 0 Å². The van der Waals surface area contributed by atoms with Crippen LogP contribution in [0.4, 0.5) is 0 Å². The molecule has 0 aromatic carbocycles. The highest BCUT2D eigenvalue weighted by atomic mass is 16.5. The second-order valence-electron chi connectivity index (χ2n) is 3.90. The molecule has 0 saturated carbocycles. The Morgan fingerprint density at radius 2 is 2.14 bits per heavy atom. The fraction of sp³-hybridized carbons (Fsp3) is 1.00. The zero-order chi connectivity index (χ0) is 10.2. The first kappa shape index (κ1) is 12.0. The Morgan fingerprint density at radius 3 is 2.71 bits per heavy atom. The van der Waals surface area contributed by atoms with E-state index in [0.717, 1.165) is 38.7 Å². The number of ether oxygens (including phenoxy) is 2. The standard InChI is InChI=1S/C11H23NO2/c1-3-12-11(6-7-13-2)10-4-8-14-9-5-10/h10-12H,3-9H2,1-2H3. The molecule has 0 aromatic rings. The Hall–Kier alpha value is -0.120. The molecule has 1 aliphatic heterocycles. The molecule has 1 heterocycles. The summed E-state index contributed by atoms with van der Waals surface area (Å²) < 4.78 is 10.5. The van der Waals surface area contributed by atoms with Crippen molar-refractivity contribution >= 4 is 0 Å². The largest absolute Gasteiger partial charge is 0.385 e. The van der Waals surface area contributed by atoms with Crippen molar-refractivity contribution in [1.29, 1.82) is 0 Å². The molecule has 1 N–H and O–H groups in total. The number of nitrogens with one attached hydrogen (secondary N) is 1. The maximum atomic E-state index is 5.37. The van der Waals surface area contributed by atoms with E-state index in [1.54, 1.807) is 7.11 Å². The van der Waals surface area contributed by atoms with E-state index in [1.807, 2.05) is 0 Å². The number of hydrogen-bond acceptors (Lipinski definition) is 3. The van der Waals surface area contributed by atoms with Gasteiger partial charge in [0.15, 0.2) is 0 Å². The SMILES string of the molecule is CCNC(CCOC)C1CCOCC1. The van der Waals surface area contributed by atoms with Crippen LogP contribution < -0.4 is 5.32 Å². The molecule has 3 nitrogen and oxygen atoms in total. The summed E-state index contributed by atoms with van der Waals surface area (Å²) in [5.41, 5.74) is 0. The third-order valence-electron chi connectivity index (χ3n) is 2.93. The highest BCUT2D eigenvalue weighted by Crippen LogP contribution is 2.20. The average Bonchev–Trinajstić information content (AvgIpc) is 2.25. The van der Waals surface area contributed by atoms with E-state index in [1.165, 1.54) is 12.8 Å². The second kappa shape index (κ2) is 7.21. The van der Waals surface area contributed by atoms with E-state index in [0.29, 0.717) is 6.04 Å². The van der Waals surface area contributed by atoms with E-state index < -0.39 is 0 Å². The number of hydrogen-bond donors (Lipinski definition) is 1. The van der Waals surface area contributed by atoms with Gasteiger partial charge in [0, 0.05) is 33.0 Å². The van der Waals surface area contributed by atoms with Gasteiger partial charge in [0.1, 0.15) is 0 Å². The van der Waals surface area contributed by atoms with Crippen LogP contribution in [0.5, 0.6) is 0 Å². The maximum absolute atomic E-state index is 5.37. The summed E-state index contributed by atoms with van der Waals surface area (Å²) in [6, 6.07) is 0.615. The molecule has 1 saturated heterocycles. The molecule has 84 valence electrons. The third kappa shape index (κ3) is 3.95. The average molecular weight is 201 g/mol. The van der Waals surface area contributed by atoms with Crippen molar-refractivity contribution in [2.75, 3.05) is 33.5 Å². The lowest BCUT2D eigenvalue weighted by atomic mass is 9.90. The fourth-order valence-corrected chi connectivity index (χ4v) is 2.13. The highest BCUT2D eigenvalue weighted by Gasteiger charge is 2.22. The second-order valence-corrected chi connectivity index (χ2v) is 3.90. The fourth-order valence-electron chi connectivity index (χ4n) is 2.13. The van der Waals surface area contributed by atoms with Gasteiger partial charge in [0.2, 0.25) is 0 Å². The van der Waals surface area contributed by atoms with Gasteiger partial charge >= 0.3 is 0 Å².